The zero-order valence-corrected chi connectivity index (χ0v) is 11.9. The number of hydrogen-bond acceptors (Lipinski definition) is 2. The van der Waals surface area contributed by atoms with Crippen LogP contribution in [0, 0.1) is 5.92 Å². The maximum Gasteiger partial charge on any atom is 0.0366 e. The summed E-state index contributed by atoms with van der Waals surface area (Å²) < 4.78 is 0. The largest absolute Gasteiger partial charge is 0.370 e. The van der Waals surface area contributed by atoms with Crippen LogP contribution in [-0.4, -0.2) is 25.7 Å². The SMILES string of the molecule is CCN[C@@H]1CCN(c2ccc(CC(C)C)cc2)C1. The van der Waals surface area contributed by atoms with Crippen molar-refractivity contribution in [1.82, 2.24) is 5.32 Å². The van der Waals surface area contributed by atoms with E-state index in [9.17, 15) is 0 Å². The average Bonchev–Trinajstić information content (AvgIpc) is 2.78. The van der Waals surface area contributed by atoms with Crippen LogP contribution in [0.2, 0.25) is 0 Å². The van der Waals surface area contributed by atoms with Crippen LogP contribution in [0.3, 0.4) is 0 Å². The third kappa shape index (κ3) is 3.49. The van der Waals surface area contributed by atoms with Gasteiger partial charge in [-0.3, -0.25) is 0 Å². The predicted molar refractivity (Wildman–Crippen MR) is 79.3 cm³/mol. The van der Waals surface area contributed by atoms with Gasteiger partial charge in [0, 0.05) is 24.8 Å². The van der Waals surface area contributed by atoms with Crippen LogP contribution in [-0.2, 0) is 6.42 Å². The van der Waals surface area contributed by atoms with E-state index in [2.05, 4.69) is 55.3 Å². The van der Waals surface area contributed by atoms with E-state index in [0.717, 1.165) is 19.0 Å². The number of nitrogens with one attached hydrogen (secondary N) is 1. The molecule has 0 aliphatic carbocycles. The summed E-state index contributed by atoms with van der Waals surface area (Å²) in [7, 11) is 0. The molecule has 1 fully saturated rings. The van der Waals surface area contributed by atoms with Crippen molar-refractivity contribution in [3.05, 3.63) is 29.8 Å². The minimum atomic E-state index is 0.672. The Hall–Kier alpha value is -1.02. The molecule has 18 heavy (non-hydrogen) atoms. The van der Waals surface area contributed by atoms with E-state index in [1.807, 2.05) is 0 Å². The van der Waals surface area contributed by atoms with Gasteiger partial charge in [-0.05, 0) is 43.0 Å². The Bertz CT molecular complexity index is 356. The highest BCUT2D eigenvalue weighted by atomic mass is 15.2. The maximum atomic E-state index is 3.54. The highest BCUT2D eigenvalue weighted by Gasteiger charge is 2.21. The van der Waals surface area contributed by atoms with E-state index < -0.39 is 0 Å². The van der Waals surface area contributed by atoms with Gasteiger partial charge in [0.05, 0.1) is 0 Å². The summed E-state index contributed by atoms with van der Waals surface area (Å²) in [6.07, 6.45) is 2.45. The number of anilines is 1. The first-order valence-corrected chi connectivity index (χ1v) is 7.26. The van der Waals surface area contributed by atoms with Crippen LogP contribution < -0.4 is 10.2 Å². The van der Waals surface area contributed by atoms with Gasteiger partial charge in [0.1, 0.15) is 0 Å². The first-order chi connectivity index (χ1) is 8.69. The van der Waals surface area contributed by atoms with E-state index >= 15 is 0 Å². The number of hydrogen-bond donors (Lipinski definition) is 1. The molecule has 0 saturated carbocycles. The minimum Gasteiger partial charge on any atom is -0.370 e. The second-order valence-corrected chi connectivity index (χ2v) is 5.75. The molecule has 1 aliphatic heterocycles. The highest BCUT2D eigenvalue weighted by molar-refractivity contribution is 5.48. The molecule has 100 valence electrons. The van der Waals surface area contributed by atoms with Crippen LogP contribution in [0.5, 0.6) is 0 Å². The second kappa shape index (κ2) is 6.24. The Labute approximate surface area is 111 Å². The molecule has 1 atom stereocenters. The van der Waals surface area contributed by atoms with Gasteiger partial charge >= 0.3 is 0 Å². The third-order valence-corrected chi connectivity index (χ3v) is 3.63. The van der Waals surface area contributed by atoms with Crippen molar-refractivity contribution in [2.45, 2.75) is 39.7 Å². The lowest BCUT2D eigenvalue weighted by atomic mass is 10.0. The van der Waals surface area contributed by atoms with Gasteiger partial charge in [0.2, 0.25) is 0 Å². The molecule has 1 heterocycles. The van der Waals surface area contributed by atoms with E-state index in [1.54, 1.807) is 0 Å². The van der Waals surface area contributed by atoms with Gasteiger partial charge in [-0.25, -0.2) is 0 Å². The lowest BCUT2D eigenvalue weighted by Gasteiger charge is -2.19. The molecule has 0 spiro atoms. The third-order valence-electron chi connectivity index (χ3n) is 3.63. The Balaban J connectivity index is 1.94. The number of nitrogens with zero attached hydrogens (tertiary/aromatic N) is 1. The van der Waals surface area contributed by atoms with Crippen LogP contribution in [0.1, 0.15) is 32.8 Å². The van der Waals surface area contributed by atoms with Gasteiger partial charge in [0.25, 0.3) is 0 Å². The van der Waals surface area contributed by atoms with Crippen LogP contribution in [0.25, 0.3) is 0 Å². The molecular formula is C16H26N2. The number of rotatable bonds is 5. The van der Waals surface area contributed by atoms with Crippen LogP contribution in [0.4, 0.5) is 5.69 Å². The quantitative estimate of drug-likeness (QED) is 0.859. The van der Waals surface area contributed by atoms with E-state index in [-0.39, 0.29) is 0 Å². The first kappa shape index (κ1) is 13.4. The second-order valence-electron chi connectivity index (χ2n) is 5.75. The lowest BCUT2D eigenvalue weighted by Crippen LogP contribution is -2.32. The zero-order valence-electron chi connectivity index (χ0n) is 11.9. The van der Waals surface area contributed by atoms with Gasteiger partial charge in [-0.1, -0.05) is 32.9 Å². The average molecular weight is 246 g/mol. The Morgan fingerprint density at radius 2 is 2.00 bits per heavy atom. The standard InChI is InChI=1S/C16H26N2/c1-4-17-15-9-10-18(12-15)16-7-5-14(6-8-16)11-13(2)3/h5-8,13,15,17H,4,9-12H2,1-3H3/t15-/m1/s1. The summed E-state index contributed by atoms with van der Waals surface area (Å²) in [5.41, 5.74) is 2.83. The predicted octanol–water partition coefficient (Wildman–Crippen LogP) is 3.07. The molecule has 0 unspecified atom stereocenters. The molecule has 2 nitrogen and oxygen atoms in total. The lowest BCUT2D eigenvalue weighted by molar-refractivity contribution is 0.572. The van der Waals surface area contributed by atoms with E-state index in [4.69, 9.17) is 0 Å². The van der Waals surface area contributed by atoms with Crippen LogP contribution in [0.15, 0.2) is 24.3 Å². The first-order valence-electron chi connectivity index (χ1n) is 7.26. The summed E-state index contributed by atoms with van der Waals surface area (Å²) in [6, 6.07) is 9.81. The Morgan fingerprint density at radius 3 is 2.61 bits per heavy atom. The fraction of sp³-hybridized carbons (Fsp3) is 0.625. The van der Waals surface area contributed by atoms with Crippen molar-refractivity contribution >= 4 is 5.69 Å². The van der Waals surface area contributed by atoms with Crippen molar-refractivity contribution in [2.24, 2.45) is 5.92 Å². The summed E-state index contributed by atoms with van der Waals surface area (Å²) in [5.74, 6) is 0.737. The summed E-state index contributed by atoms with van der Waals surface area (Å²) in [4.78, 5) is 2.49. The number of likely N-dealkylation sites (N-methyl/N-ethyl adjacent to an activating group) is 1. The fourth-order valence-electron chi connectivity index (χ4n) is 2.76. The van der Waals surface area contributed by atoms with Crippen molar-refractivity contribution in [1.29, 1.82) is 0 Å². The summed E-state index contributed by atoms with van der Waals surface area (Å²) in [5, 5.41) is 3.54. The summed E-state index contributed by atoms with van der Waals surface area (Å²) in [6.45, 7) is 10.1. The summed E-state index contributed by atoms with van der Waals surface area (Å²) >= 11 is 0. The molecule has 0 aromatic heterocycles. The smallest absolute Gasteiger partial charge is 0.0366 e. The molecule has 1 saturated heterocycles. The van der Waals surface area contributed by atoms with Crippen molar-refractivity contribution in [3.8, 4) is 0 Å². The molecule has 0 radical (unpaired) electrons. The van der Waals surface area contributed by atoms with Crippen molar-refractivity contribution in [2.75, 3.05) is 24.5 Å². The van der Waals surface area contributed by atoms with Gasteiger partial charge in [-0.15, -0.1) is 0 Å². The molecule has 1 aromatic rings. The molecule has 1 aliphatic rings. The normalized spacial score (nSPS) is 19.8. The number of benzene rings is 1. The molecule has 1 N–H and O–H groups in total. The van der Waals surface area contributed by atoms with E-state index in [0.29, 0.717) is 6.04 Å². The molecule has 2 heteroatoms. The highest BCUT2D eigenvalue weighted by Crippen LogP contribution is 2.21. The minimum absolute atomic E-state index is 0.672. The molecule has 0 amide bonds. The van der Waals surface area contributed by atoms with Crippen molar-refractivity contribution < 1.29 is 0 Å². The van der Waals surface area contributed by atoms with Crippen LogP contribution >= 0.6 is 0 Å². The van der Waals surface area contributed by atoms with Gasteiger partial charge in [0.15, 0.2) is 0 Å². The molecule has 1 aromatic carbocycles. The maximum absolute atomic E-state index is 3.54. The topological polar surface area (TPSA) is 15.3 Å². The van der Waals surface area contributed by atoms with Gasteiger partial charge in [-0.2, -0.15) is 0 Å². The van der Waals surface area contributed by atoms with Gasteiger partial charge < -0.3 is 10.2 Å². The fourth-order valence-corrected chi connectivity index (χ4v) is 2.76. The zero-order chi connectivity index (χ0) is 13.0. The molecular weight excluding hydrogens is 220 g/mol. The molecule has 0 bridgehead atoms. The molecule has 2 rings (SSSR count). The Kier molecular flexibility index (Phi) is 4.65. The Morgan fingerprint density at radius 1 is 1.28 bits per heavy atom. The van der Waals surface area contributed by atoms with E-state index in [1.165, 1.54) is 30.6 Å². The van der Waals surface area contributed by atoms with Crippen molar-refractivity contribution in [3.63, 3.8) is 0 Å². The monoisotopic (exact) mass is 246 g/mol.